The standard InChI is InChI=1S/C6H13NO.C2H6/c1-8-6-3-2-5(7)4-6;1-2/h5-6H,2-4,7H2,1H3;1-2H3. The molecule has 2 N–H and O–H groups in total. The molecule has 2 heteroatoms. The second-order valence-electron chi connectivity index (χ2n) is 2.43. The number of rotatable bonds is 1. The average molecular weight is 145 g/mol. The molecule has 0 bridgehead atoms. The predicted molar refractivity (Wildman–Crippen MR) is 44.0 cm³/mol. The lowest BCUT2D eigenvalue weighted by Gasteiger charge is -2.04. The fourth-order valence-corrected chi connectivity index (χ4v) is 1.19. The zero-order valence-corrected chi connectivity index (χ0v) is 7.26. The van der Waals surface area contributed by atoms with Crippen molar-refractivity contribution < 1.29 is 4.74 Å². The SMILES string of the molecule is CC.COC1CCC(N)C1. The Hall–Kier alpha value is -0.0800. The molecule has 0 radical (unpaired) electrons. The van der Waals surface area contributed by atoms with E-state index in [9.17, 15) is 0 Å². The first kappa shape index (κ1) is 9.92. The molecule has 0 aliphatic heterocycles. The van der Waals surface area contributed by atoms with Gasteiger partial charge in [0.25, 0.3) is 0 Å². The summed E-state index contributed by atoms with van der Waals surface area (Å²) in [6.45, 7) is 4.00. The van der Waals surface area contributed by atoms with E-state index in [0.717, 1.165) is 19.3 Å². The van der Waals surface area contributed by atoms with Gasteiger partial charge >= 0.3 is 0 Å². The van der Waals surface area contributed by atoms with Gasteiger partial charge in [0.05, 0.1) is 6.10 Å². The first-order valence-electron chi connectivity index (χ1n) is 4.11. The van der Waals surface area contributed by atoms with E-state index >= 15 is 0 Å². The highest BCUT2D eigenvalue weighted by atomic mass is 16.5. The summed E-state index contributed by atoms with van der Waals surface area (Å²) in [4.78, 5) is 0. The molecule has 1 saturated carbocycles. The molecule has 0 saturated heterocycles. The van der Waals surface area contributed by atoms with Crippen LogP contribution in [0.25, 0.3) is 0 Å². The Kier molecular flexibility index (Phi) is 5.64. The Labute approximate surface area is 63.7 Å². The van der Waals surface area contributed by atoms with Crippen LogP contribution in [0.15, 0.2) is 0 Å². The first-order chi connectivity index (χ1) is 4.83. The van der Waals surface area contributed by atoms with Crippen LogP contribution in [0.5, 0.6) is 0 Å². The van der Waals surface area contributed by atoms with E-state index in [2.05, 4.69) is 0 Å². The minimum Gasteiger partial charge on any atom is -0.381 e. The normalized spacial score (nSPS) is 31.2. The molecule has 0 heterocycles. The molecule has 1 aliphatic rings. The van der Waals surface area contributed by atoms with E-state index in [0.29, 0.717) is 12.1 Å². The molecule has 2 nitrogen and oxygen atoms in total. The lowest BCUT2D eigenvalue weighted by Crippen LogP contribution is -2.16. The van der Waals surface area contributed by atoms with Gasteiger partial charge in [-0.1, -0.05) is 13.8 Å². The minimum absolute atomic E-state index is 0.403. The zero-order chi connectivity index (χ0) is 7.98. The molecule has 62 valence electrons. The molecule has 1 fully saturated rings. The fraction of sp³-hybridized carbons (Fsp3) is 1.00. The van der Waals surface area contributed by atoms with Crippen LogP contribution in [0.3, 0.4) is 0 Å². The van der Waals surface area contributed by atoms with Crippen LogP contribution < -0.4 is 5.73 Å². The van der Waals surface area contributed by atoms with Gasteiger partial charge < -0.3 is 10.5 Å². The van der Waals surface area contributed by atoms with Crippen molar-refractivity contribution in [2.75, 3.05) is 7.11 Å². The quantitative estimate of drug-likeness (QED) is 0.607. The number of hydrogen-bond donors (Lipinski definition) is 1. The first-order valence-corrected chi connectivity index (χ1v) is 4.11. The molecular formula is C8H19NO. The summed E-state index contributed by atoms with van der Waals surface area (Å²) >= 11 is 0. The molecule has 0 spiro atoms. The van der Waals surface area contributed by atoms with Crippen LogP contribution in [-0.2, 0) is 4.74 Å². The summed E-state index contributed by atoms with van der Waals surface area (Å²) in [5.74, 6) is 0. The Morgan fingerprint density at radius 2 is 1.90 bits per heavy atom. The third-order valence-electron chi connectivity index (χ3n) is 1.76. The summed E-state index contributed by atoms with van der Waals surface area (Å²) in [6.07, 6.45) is 3.79. The van der Waals surface area contributed by atoms with Crippen molar-refractivity contribution in [3.8, 4) is 0 Å². The maximum Gasteiger partial charge on any atom is 0.0586 e. The summed E-state index contributed by atoms with van der Waals surface area (Å²) in [6, 6.07) is 0.403. The van der Waals surface area contributed by atoms with Gasteiger partial charge in [0.2, 0.25) is 0 Å². The number of ether oxygens (including phenoxy) is 1. The molecule has 0 aromatic heterocycles. The fourth-order valence-electron chi connectivity index (χ4n) is 1.19. The van der Waals surface area contributed by atoms with Crippen molar-refractivity contribution in [3.63, 3.8) is 0 Å². The lowest BCUT2D eigenvalue weighted by molar-refractivity contribution is 0.108. The highest BCUT2D eigenvalue weighted by Crippen LogP contribution is 2.18. The lowest BCUT2D eigenvalue weighted by atomic mass is 10.3. The van der Waals surface area contributed by atoms with E-state index in [4.69, 9.17) is 10.5 Å². The third-order valence-corrected chi connectivity index (χ3v) is 1.76. The second kappa shape index (κ2) is 5.69. The maximum absolute atomic E-state index is 5.62. The topological polar surface area (TPSA) is 35.2 Å². The van der Waals surface area contributed by atoms with Crippen LogP contribution in [0.1, 0.15) is 33.1 Å². The van der Waals surface area contributed by atoms with Gasteiger partial charge in [0.1, 0.15) is 0 Å². The second-order valence-corrected chi connectivity index (χ2v) is 2.43. The number of hydrogen-bond acceptors (Lipinski definition) is 2. The molecule has 0 amide bonds. The third kappa shape index (κ3) is 3.18. The summed E-state index contributed by atoms with van der Waals surface area (Å²) in [5, 5.41) is 0. The Balaban J connectivity index is 0.000000371. The van der Waals surface area contributed by atoms with Crippen molar-refractivity contribution >= 4 is 0 Å². The van der Waals surface area contributed by atoms with Gasteiger partial charge in [-0.15, -0.1) is 0 Å². The van der Waals surface area contributed by atoms with E-state index in [1.165, 1.54) is 0 Å². The smallest absolute Gasteiger partial charge is 0.0586 e. The summed E-state index contributed by atoms with van der Waals surface area (Å²) in [5.41, 5.74) is 5.62. The van der Waals surface area contributed by atoms with Crippen LogP contribution in [0.4, 0.5) is 0 Å². The van der Waals surface area contributed by atoms with Crippen molar-refractivity contribution in [1.82, 2.24) is 0 Å². The maximum atomic E-state index is 5.62. The molecule has 10 heavy (non-hydrogen) atoms. The predicted octanol–water partition coefficient (Wildman–Crippen LogP) is 1.54. The van der Waals surface area contributed by atoms with Gasteiger partial charge in [0.15, 0.2) is 0 Å². The molecule has 0 aromatic carbocycles. The van der Waals surface area contributed by atoms with Crippen LogP contribution >= 0.6 is 0 Å². The molecular weight excluding hydrogens is 126 g/mol. The monoisotopic (exact) mass is 145 g/mol. The van der Waals surface area contributed by atoms with Gasteiger partial charge in [-0.05, 0) is 19.3 Å². The van der Waals surface area contributed by atoms with Gasteiger partial charge in [0, 0.05) is 13.2 Å². The number of methoxy groups -OCH3 is 1. The van der Waals surface area contributed by atoms with Gasteiger partial charge in [-0.25, -0.2) is 0 Å². The van der Waals surface area contributed by atoms with E-state index in [1.807, 2.05) is 13.8 Å². The highest BCUT2D eigenvalue weighted by molar-refractivity contribution is 4.77. The summed E-state index contributed by atoms with van der Waals surface area (Å²) < 4.78 is 5.10. The molecule has 2 unspecified atom stereocenters. The minimum atomic E-state index is 0.403. The largest absolute Gasteiger partial charge is 0.381 e. The van der Waals surface area contributed by atoms with Crippen LogP contribution in [0.2, 0.25) is 0 Å². The molecule has 1 aliphatic carbocycles. The van der Waals surface area contributed by atoms with Crippen molar-refractivity contribution in [2.45, 2.75) is 45.3 Å². The molecule has 1 rings (SSSR count). The summed E-state index contributed by atoms with van der Waals surface area (Å²) in [7, 11) is 1.75. The van der Waals surface area contributed by atoms with Gasteiger partial charge in [-0.3, -0.25) is 0 Å². The zero-order valence-electron chi connectivity index (χ0n) is 7.26. The average Bonchev–Trinajstić information content (AvgIpc) is 2.40. The van der Waals surface area contributed by atoms with Crippen LogP contribution in [-0.4, -0.2) is 19.3 Å². The van der Waals surface area contributed by atoms with Gasteiger partial charge in [-0.2, -0.15) is 0 Å². The van der Waals surface area contributed by atoms with Crippen molar-refractivity contribution in [3.05, 3.63) is 0 Å². The van der Waals surface area contributed by atoms with Crippen molar-refractivity contribution in [1.29, 1.82) is 0 Å². The van der Waals surface area contributed by atoms with E-state index < -0.39 is 0 Å². The van der Waals surface area contributed by atoms with Crippen molar-refractivity contribution in [2.24, 2.45) is 5.73 Å². The van der Waals surface area contributed by atoms with Crippen LogP contribution in [0, 0.1) is 0 Å². The highest BCUT2D eigenvalue weighted by Gasteiger charge is 2.20. The Morgan fingerprint density at radius 3 is 2.10 bits per heavy atom. The Morgan fingerprint density at radius 1 is 1.30 bits per heavy atom. The number of nitrogens with two attached hydrogens (primary N) is 1. The van der Waals surface area contributed by atoms with E-state index in [1.54, 1.807) is 7.11 Å². The molecule has 0 aromatic rings. The molecule has 2 atom stereocenters. The van der Waals surface area contributed by atoms with E-state index in [-0.39, 0.29) is 0 Å². The Bertz CT molecular complexity index is 75.7.